The molecular formula is C33H44O8. The third kappa shape index (κ3) is 5.94. The average Bonchev–Trinajstić information content (AvgIpc) is 3.26. The van der Waals surface area contributed by atoms with Crippen LogP contribution in [0.15, 0.2) is 35.6 Å². The van der Waals surface area contributed by atoms with Crippen LogP contribution in [0, 0.1) is 17.8 Å². The zero-order valence-corrected chi connectivity index (χ0v) is 25.9. The molecule has 0 aromatic heterocycles. The summed E-state index contributed by atoms with van der Waals surface area (Å²) in [6, 6.07) is 3.42. The Morgan fingerprint density at radius 3 is 2.29 bits per heavy atom. The van der Waals surface area contributed by atoms with Gasteiger partial charge in [-0.05, 0) is 70.7 Å². The van der Waals surface area contributed by atoms with Crippen molar-refractivity contribution in [1.29, 1.82) is 0 Å². The summed E-state index contributed by atoms with van der Waals surface area (Å²) in [6.07, 6.45) is 8.49. The molecule has 224 valence electrons. The topological polar surface area (TPSA) is 97.4 Å². The predicted molar refractivity (Wildman–Crippen MR) is 153 cm³/mol. The number of hydrogen-bond donors (Lipinski definition) is 0. The van der Waals surface area contributed by atoms with Gasteiger partial charge in [0.15, 0.2) is 0 Å². The number of fused-ring (bicyclic) bond motifs is 2. The van der Waals surface area contributed by atoms with E-state index in [1.165, 1.54) is 20.8 Å². The molecule has 2 heterocycles. The fraction of sp³-hybridized carbons (Fsp3) is 0.606. The second-order valence-corrected chi connectivity index (χ2v) is 12.9. The highest BCUT2D eigenvalue weighted by molar-refractivity contribution is 5.72. The van der Waals surface area contributed by atoms with Gasteiger partial charge >= 0.3 is 17.9 Å². The molecule has 8 nitrogen and oxygen atoms in total. The molecule has 41 heavy (non-hydrogen) atoms. The maximum atomic E-state index is 11.9. The number of ether oxygens (including phenoxy) is 5. The second-order valence-electron chi connectivity index (χ2n) is 12.9. The minimum absolute atomic E-state index is 0.139. The quantitative estimate of drug-likeness (QED) is 0.205. The normalized spacial score (nSPS) is 30.3. The maximum Gasteiger partial charge on any atom is 0.308 e. The van der Waals surface area contributed by atoms with Crippen molar-refractivity contribution in [2.24, 2.45) is 10.8 Å². The largest absolute Gasteiger partial charge is 0.466 e. The molecular weight excluding hydrogens is 524 g/mol. The molecule has 1 aromatic rings. The SMILES string of the molecule is CC(=O)Oc1cc(C)c(OC(C)=O)c(CC=C(C)CC2=CC3(C)CCCC3(C)C3(CC(OC(C)=O)C(C)(C)O3)O2)c1. The molecule has 1 saturated heterocycles. The van der Waals surface area contributed by atoms with Gasteiger partial charge in [0.1, 0.15) is 29.0 Å². The summed E-state index contributed by atoms with van der Waals surface area (Å²) in [5, 5.41) is 0. The molecule has 1 saturated carbocycles. The Morgan fingerprint density at radius 1 is 0.976 bits per heavy atom. The highest BCUT2D eigenvalue weighted by atomic mass is 16.7. The number of hydrogen-bond acceptors (Lipinski definition) is 8. The first-order chi connectivity index (χ1) is 19.0. The molecule has 8 heteroatoms. The van der Waals surface area contributed by atoms with E-state index < -0.39 is 29.4 Å². The summed E-state index contributed by atoms with van der Waals surface area (Å²) in [6.45, 7) is 16.5. The molecule has 3 aliphatic rings. The van der Waals surface area contributed by atoms with Crippen molar-refractivity contribution < 1.29 is 38.1 Å². The van der Waals surface area contributed by atoms with Crippen LogP contribution in [0.2, 0.25) is 0 Å². The van der Waals surface area contributed by atoms with E-state index >= 15 is 0 Å². The summed E-state index contributed by atoms with van der Waals surface area (Å²) in [5.74, 6) is -0.358. The Morgan fingerprint density at radius 2 is 1.66 bits per heavy atom. The zero-order valence-electron chi connectivity index (χ0n) is 25.9. The summed E-state index contributed by atoms with van der Waals surface area (Å²) < 4.78 is 30.2. The van der Waals surface area contributed by atoms with Gasteiger partial charge in [-0.2, -0.15) is 0 Å². The molecule has 1 aliphatic carbocycles. The van der Waals surface area contributed by atoms with Crippen LogP contribution in [-0.4, -0.2) is 35.4 Å². The van der Waals surface area contributed by atoms with E-state index in [0.29, 0.717) is 36.3 Å². The van der Waals surface area contributed by atoms with E-state index in [4.69, 9.17) is 23.7 Å². The summed E-state index contributed by atoms with van der Waals surface area (Å²) in [5.41, 5.74) is 1.41. The molecule has 0 radical (unpaired) electrons. The van der Waals surface area contributed by atoms with Crippen molar-refractivity contribution in [3.8, 4) is 11.5 Å². The Bertz CT molecular complexity index is 1310. The molecule has 0 amide bonds. The molecule has 2 aliphatic heterocycles. The monoisotopic (exact) mass is 568 g/mol. The van der Waals surface area contributed by atoms with Gasteiger partial charge in [0, 0.05) is 43.6 Å². The van der Waals surface area contributed by atoms with Crippen LogP contribution in [0.3, 0.4) is 0 Å². The van der Waals surface area contributed by atoms with Crippen LogP contribution >= 0.6 is 0 Å². The number of carbonyl (C=O) groups excluding carboxylic acids is 3. The lowest BCUT2D eigenvalue weighted by molar-refractivity contribution is -0.309. The molecule has 0 bridgehead atoms. The average molecular weight is 569 g/mol. The molecule has 2 fully saturated rings. The summed E-state index contributed by atoms with van der Waals surface area (Å²) in [4.78, 5) is 35.3. The van der Waals surface area contributed by atoms with Crippen LogP contribution in [0.4, 0.5) is 0 Å². The number of benzene rings is 1. The summed E-state index contributed by atoms with van der Waals surface area (Å²) >= 11 is 0. The fourth-order valence-corrected chi connectivity index (χ4v) is 6.94. The van der Waals surface area contributed by atoms with E-state index in [9.17, 15) is 14.4 Å². The van der Waals surface area contributed by atoms with Crippen LogP contribution in [0.1, 0.15) is 98.6 Å². The lowest BCUT2D eigenvalue weighted by Gasteiger charge is -2.54. The van der Waals surface area contributed by atoms with Crippen LogP contribution in [0.5, 0.6) is 11.5 Å². The van der Waals surface area contributed by atoms with Gasteiger partial charge in [0.2, 0.25) is 5.79 Å². The number of esters is 3. The minimum Gasteiger partial charge on any atom is -0.466 e. The van der Waals surface area contributed by atoms with Crippen molar-refractivity contribution in [2.75, 3.05) is 0 Å². The molecule has 4 atom stereocenters. The fourth-order valence-electron chi connectivity index (χ4n) is 6.94. The van der Waals surface area contributed by atoms with Crippen LogP contribution in [0.25, 0.3) is 0 Å². The molecule has 0 N–H and O–H groups in total. The molecule has 4 rings (SSSR count). The predicted octanol–water partition coefficient (Wildman–Crippen LogP) is 6.66. The maximum absolute atomic E-state index is 11.9. The lowest BCUT2D eigenvalue weighted by atomic mass is 9.60. The van der Waals surface area contributed by atoms with E-state index in [1.54, 1.807) is 12.1 Å². The number of aryl methyl sites for hydroxylation is 1. The highest BCUT2D eigenvalue weighted by Crippen LogP contribution is 2.67. The summed E-state index contributed by atoms with van der Waals surface area (Å²) in [7, 11) is 0. The van der Waals surface area contributed by atoms with Gasteiger partial charge < -0.3 is 23.7 Å². The van der Waals surface area contributed by atoms with Crippen molar-refractivity contribution >= 4 is 17.9 Å². The van der Waals surface area contributed by atoms with Crippen molar-refractivity contribution in [2.45, 2.75) is 118 Å². The van der Waals surface area contributed by atoms with Crippen molar-refractivity contribution in [1.82, 2.24) is 0 Å². The van der Waals surface area contributed by atoms with Crippen LogP contribution in [-0.2, 0) is 35.0 Å². The third-order valence-corrected chi connectivity index (χ3v) is 9.17. The number of allylic oxidation sites excluding steroid dienone is 3. The Hall–Kier alpha value is -3.13. The highest BCUT2D eigenvalue weighted by Gasteiger charge is 2.70. The van der Waals surface area contributed by atoms with Gasteiger partial charge in [-0.1, -0.05) is 31.9 Å². The molecule has 1 spiro atoms. The second kappa shape index (κ2) is 10.9. The Labute approximate surface area is 243 Å². The lowest BCUT2D eigenvalue weighted by Crippen LogP contribution is -2.57. The first-order valence-corrected chi connectivity index (χ1v) is 14.4. The van der Waals surface area contributed by atoms with Crippen LogP contribution < -0.4 is 9.47 Å². The van der Waals surface area contributed by atoms with Gasteiger partial charge in [0.05, 0.1) is 6.42 Å². The Balaban J connectivity index is 1.62. The first-order valence-electron chi connectivity index (χ1n) is 14.4. The van der Waals surface area contributed by atoms with Crippen molar-refractivity contribution in [3.05, 3.63) is 46.7 Å². The number of carbonyl (C=O) groups is 3. The van der Waals surface area contributed by atoms with Gasteiger partial charge in [-0.15, -0.1) is 0 Å². The third-order valence-electron chi connectivity index (χ3n) is 9.17. The van der Waals surface area contributed by atoms with E-state index in [1.807, 2.05) is 27.7 Å². The smallest absolute Gasteiger partial charge is 0.308 e. The van der Waals surface area contributed by atoms with E-state index in [0.717, 1.165) is 36.2 Å². The van der Waals surface area contributed by atoms with E-state index in [2.05, 4.69) is 26.0 Å². The minimum atomic E-state index is -0.913. The molecule has 4 unspecified atom stereocenters. The van der Waals surface area contributed by atoms with Gasteiger partial charge in [0.25, 0.3) is 0 Å². The molecule has 1 aromatic carbocycles. The van der Waals surface area contributed by atoms with Crippen molar-refractivity contribution in [3.63, 3.8) is 0 Å². The van der Waals surface area contributed by atoms with Gasteiger partial charge in [-0.3, -0.25) is 14.4 Å². The van der Waals surface area contributed by atoms with Gasteiger partial charge in [-0.25, -0.2) is 0 Å². The zero-order chi connectivity index (χ0) is 30.4. The van der Waals surface area contributed by atoms with E-state index in [-0.39, 0.29) is 16.8 Å². The first kappa shape index (κ1) is 30.8. The number of rotatable bonds is 7. The standard InChI is InChI=1S/C33H44O8/c1-20(11-12-25-17-26(37-22(3)34)16-21(2)29(25)39-24(5)36)15-27-18-31(8)13-10-14-32(31,9)33(40-27)19-28(38-23(4)35)30(6,7)41-33/h11,16-18,28H,10,12-15,19H2,1-9H3. The Kier molecular flexibility index (Phi) is 8.22.